The zero-order valence-corrected chi connectivity index (χ0v) is 19.5. The Kier molecular flexibility index (Phi) is 7.71. The molecule has 0 bridgehead atoms. The predicted octanol–water partition coefficient (Wildman–Crippen LogP) is 5.48. The number of halogens is 6. The van der Waals surface area contributed by atoms with Crippen molar-refractivity contribution in [3.63, 3.8) is 0 Å². The minimum absolute atomic E-state index is 0.0244. The third kappa shape index (κ3) is 5.67. The summed E-state index contributed by atoms with van der Waals surface area (Å²) in [6, 6.07) is 7.12. The fourth-order valence-corrected chi connectivity index (χ4v) is 4.67. The second-order valence-corrected chi connectivity index (χ2v) is 9.63. The maximum Gasteiger partial charge on any atom is 0.413 e. The fraction of sp³-hybridized carbons (Fsp3) is 0.364. The van der Waals surface area contributed by atoms with Crippen molar-refractivity contribution in [2.45, 2.75) is 42.4 Å². The molecule has 1 aliphatic rings. The highest BCUT2D eigenvalue weighted by Crippen LogP contribution is 2.50. The van der Waals surface area contributed by atoms with E-state index < -0.39 is 41.3 Å². The summed E-state index contributed by atoms with van der Waals surface area (Å²) < 4.78 is 70.3. The lowest BCUT2D eigenvalue weighted by molar-refractivity contribution is -0.197. The lowest BCUT2D eigenvalue weighted by Crippen LogP contribution is -2.55. The fourth-order valence-electron chi connectivity index (χ4n) is 3.45. The second-order valence-electron chi connectivity index (χ2n) is 7.68. The third-order valence-corrected chi connectivity index (χ3v) is 6.93. The minimum Gasteiger partial charge on any atom is -0.319 e. The first-order valence-corrected chi connectivity index (χ1v) is 11.8. The van der Waals surface area contributed by atoms with Crippen LogP contribution in [0.5, 0.6) is 0 Å². The van der Waals surface area contributed by atoms with Gasteiger partial charge in [-0.1, -0.05) is 40.2 Å². The number of carbonyl (C=O) groups is 1. The number of hydrogen-bond acceptors (Lipinski definition) is 4. The zero-order chi connectivity index (χ0) is 24.4. The summed E-state index contributed by atoms with van der Waals surface area (Å²) in [5.74, 6) is -3.24. The third-order valence-electron chi connectivity index (χ3n) is 5.29. The first kappa shape index (κ1) is 25.5. The van der Waals surface area contributed by atoms with Crippen LogP contribution in [0.1, 0.15) is 30.0 Å². The lowest BCUT2D eigenvalue weighted by Gasteiger charge is -2.38. The largest absolute Gasteiger partial charge is 0.413 e. The van der Waals surface area contributed by atoms with Crippen LogP contribution in [-0.4, -0.2) is 34.3 Å². The van der Waals surface area contributed by atoms with Gasteiger partial charge in [0.1, 0.15) is 5.54 Å². The van der Waals surface area contributed by atoms with Crippen LogP contribution >= 0.6 is 27.7 Å². The molecular formula is C22H19BrF5N3OS. The second kappa shape index (κ2) is 9.99. The average molecular weight is 548 g/mol. The van der Waals surface area contributed by atoms with E-state index >= 15 is 0 Å². The molecule has 1 aliphatic carbocycles. The number of hydrogen-bond donors (Lipinski definition) is 1. The quantitative estimate of drug-likeness (QED) is 0.444. The van der Waals surface area contributed by atoms with Gasteiger partial charge in [-0.2, -0.15) is 30.2 Å². The summed E-state index contributed by atoms with van der Waals surface area (Å²) in [4.78, 5) is 13.7. The van der Waals surface area contributed by atoms with Crippen molar-refractivity contribution in [3.8, 4) is 6.07 Å². The molecule has 0 saturated heterocycles. The molecule has 1 amide bonds. The van der Waals surface area contributed by atoms with Gasteiger partial charge in [-0.05, 0) is 36.6 Å². The maximum absolute atomic E-state index is 14.2. The molecule has 2 atom stereocenters. The number of alkyl halides is 3. The Labute approximate surface area is 200 Å². The van der Waals surface area contributed by atoms with E-state index in [2.05, 4.69) is 15.9 Å². The van der Waals surface area contributed by atoms with Crippen molar-refractivity contribution in [2.24, 2.45) is 5.73 Å². The van der Waals surface area contributed by atoms with Gasteiger partial charge in [0.25, 0.3) is 0 Å². The molecule has 0 spiro atoms. The highest BCUT2D eigenvalue weighted by atomic mass is 79.9. The van der Waals surface area contributed by atoms with E-state index in [0.29, 0.717) is 9.37 Å². The Hall–Kier alpha value is -2.16. The number of thioether (sulfide) groups is 1. The van der Waals surface area contributed by atoms with Crippen LogP contribution in [0.4, 0.5) is 22.0 Å². The molecule has 0 radical (unpaired) electrons. The summed E-state index contributed by atoms with van der Waals surface area (Å²) in [7, 11) is 0. The van der Waals surface area contributed by atoms with Gasteiger partial charge in [0, 0.05) is 21.5 Å². The van der Waals surface area contributed by atoms with Crippen molar-refractivity contribution in [1.29, 1.82) is 5.26 Å². The molecule has 1 saturated carbocycles. The molecule has 0 aromatic heterocycles. The summed E-state index contributed by atoms with van der Waals surface area (Å²) in [5.41, 5.74) is 4.21. The number of nitrogens with two attached hydrogens (primary N) is 1. The van der Waals surface area contributed by atoms with E-state index in [0.717, 1.165) is 17.8 Å². The Morgan fingerprint density at radius 2 is 1.85 bits per heavy atom. The van der Waals surface area contributed by atoms with Gasteiger partial charge in [0.15, 0.2) is 17.7 Å². The topological polar surface area (TPSA) is 70.1 Å². The summed E-state index contributed by atoms with van der Waals surface area (Å²) in [6.07, 6.45) is -4.65. The predicted molar refractivity (Wildman–Crippen MR) is 118 cm³/mol. The van der Waals surface area contributed by atoms with Gasteiger partial charge in [-0.15, -0.1) is 0 Å². The van der Waals surface area contributed by atoms with E-state index in [1.165, 1.54) is 36.4 Å². The van der Waals surface area contributed by atoms with E-state index in [1.807, 2.05) is 6.07 Å². The van der Waals surface area contributed by atoms with Crippen LogP contribution in [0.25, 0.3) is 0 Å². The summed E-state index contributed by atoms with van der Waals surface area (Å²) in [6.45, 7) is 0. The highest BCUT2D eigenvalue weighted by molar-refractivity contribution is 9.10. The van der Waals surface area contributed by atoms with E-state index in [4.69, 9.17) is 5.73 Å². The van der Waals surface area contributed by atoms with Gasteiger partial charge in [-0.25, -0.2) is 8.78 Å². The van der Waals surface area contributed by atoms with Gasteiger partial charge < -0.3 is 10.6 Å². The average Bonchev–Trinajstić information content (AvgIpc) is 3.55. The molecule has 4 nitrogen and oxygen atoms in total. The Bertz CT molecular complexity index is 1050. The molecule has 0 heterocycles. The Morgan fingerprint density at radius 1 is 1.21 bits per heavy atom. The molecule has 176 valence electrons. The van der Waals surface area contributed by atoms with Gasteiger partial charge >= 0.3 is 6.18 Å². The molecule has 0 unspecified atom stereocenters. The molecule has 2 aromatic rings. The van der Waals surface area contributed by atoms with Crippen molar-refractivity contribution < 1.29 is 26.7 Å². The smallest absolute Gasteiger partial charge is 0.319 e. The van der Waals surface area contributed by atoms with Crippen LogP contribution in [0.2, 0.25) is 0 Å². The molecular weight excluding hydrogens is 529 g/mol. The van der Waals surface area contributed by atoms with Crippen molar-refractivity contribution >= 4 is 33.6 Å². The summed E-state index contributed by atoms with van der Waals surface area (Å²) in [5, 5.41) is 9.60. The van der Waals surface area contributed by atoms with Crippen LogP contribution in [0, 0.1) is 23.0 Å². The Balaban J connectivity index is 1.84. The molecule has 0 aliphatic heterocycles. The maximum atomic E-state index is 14.2. The minimum atomic E-state index is -4.85. The van der Waals surface area contributed by atoms with Gasteiger partial charge in [-0.3, -0.25) is 4.79 Å². The zero-order valence-electron chi connectivity index (χ0n) is 17.1. The van der Waals surface area contributed by atoms with Crippen molar-refractivity contribution in [3.05, 3.63) is 69.7 Å². The number of nitriles is 1. The molecule has 1 fully saturated rings. The summed E-state index contributed by atoms with van der Waals surface area (Å²) >= 11 is 4.16. The number of carbonyl (C=O) groups excluding carboxylic acids is 1. The first-order valence-electron chi connectivity index (χ1n) is 9.83. The van der Waals surface area contributed by atoms with E-state index in [1.54, 1.807) is 0 Å². The standard InChI is InChI=1S/C22H19BrF5N3OS/c23-15-6-4-13(5-7-15)19(22(26,27)28)31(21(12-29)8-9-21)20(32)17(30)11-33-10-14-2-1-3-16(24)18(14)25/h1-7,17,19H,8-11,30H2/t17-,19-/m0/s1. The van der Waals surface area contributed by atoms with Crippen molar-refractivity contribution in [2.75, 3.05) is 5.75 Å². The molecule has 3 rings (SSSR count). The number of benzene rings is 2. The monoisotopic (exact) mass is 547 g/mol. The number of rotatable bonds is 8. The van der Waals surface area contributed by atoms with Crippen LogP contribution in [0.15, 0.2) is 46.9 Å². The highest BCUT2D eigenvalue weighted by Gasteiger charge is 2.60. The van der Waals surface area contributed by atoms with E-state index in [-0.39, 0.29) is 35.5 Å². The number of amides is 1. The Morgan fingerprint density at radius 3 is 2.39 bits per heavy atom. The van der Waals surface area contributed by atoms with Crippen LogP contribution in [0.3, 0.4) is 0 Å². The molecule has 2 aromatic carbocycles. The number of nitrogens with zero attached hydrogens (tertiary/aromatic N) is 2. The van der Waals surface area contributed by atoms with Crippen LogP contribution in [-0.2, 0) is 10.5 Å². The SMILES string of the molecule is N#CC1(N(C(=O)[C@@H](N)CSCc2cccc(F)c2F)[C@@H](c2ccc(Br)cc2)C(F)(F)F)CC1. The molecule has 11 heteroatoms. The van der Waals surface area contributed by atoms with E-state index in [9.17, 15) is 32.0 Å². The lowest BCUT2D eigenvalue weighted by atomic mass is 10.0. The molecule has 33 heavy (non-hydrogen) atoms. The van der Waals surface area contributed by atoms with Crippen LogP contribution < -0.4 is 5.73 Å². The van der Waals surface area contributed by atoms with Gasteiger partial charge in [0.2, 0.25) is 5.91 Å². The normalized spacial score (nSPS) is 16.5. The first-order chi connectivity index (χ1) is 15.5. The molecule has 2 N–H and O–H groups in total. The van der Waals surface area contributed by atoms with Gasteiger partial charge in [0.05, 0.1) is 12.1 Å². The van der Waals surface area contributed by atoms with Crippen molar-refractivity contribution in [1.82, 2.24) is 4.90 Å².